The van der Waals surface area contributed by atoms with Crippen LogP contribution in [0.4, 0.5) is 0 Å². The second kappa shape index (κ2) is 2.12. The maximum absolute atomic E-state index is 5.43. The zero-order chi connectivity index (χ0) is 5.11. The van der Waals surface area contributed by atoms with Crippen molar-refractivity contribution in [1.29, 1.82) is 0 Å². The summed E-state index contributed by atoms with van der Waals surface area (Å²) in [7, 11) is 0. The second-order valence-corrected chi connectivity index (χ2v) is 1.74. The third kappa shape index (κ3) is 1.32. The topological polar surface area (TPSA) is 12.0 Å². The average Bonchev–Trinajstić information content (AvgIpc) is 1.69. The molecule has 1 nitrogen and oxygen atoms in total. The monoisotopic (exact) mass is 95.1 g/mol. The molecule has 0 fully saturated rings. The van der Waals surface area contributed by atoms with Crippen molar-refractivity contribution < 1.29 is 0 Å². The van der Waals surface area contributed by atoms with Crippen LogP contribution in [0.2, 0.25) is 0 Å². The van der Waals surface area contributed by atoms with Crippen molar-refractivity contribution >= 4 is 0 Å². The molecular weight excluding hydrogens is 86.1 g/mol. The lowest BCUT2D eigenvalue weighted by atomic mass is 10.2. The van der Waals surface area contributed by atoms with Crippen molar-refractivity contribution in [2.45, 2.75) is 6.42 Å². The SMILES string of the molecule is [CH]C1=CCCNC1. The zero-order valence-electron chi connectivity index (χ0n) is 4.28. The summed E-state index contributed by atoms with van der Waals surface area (Å²) in [6.07, 6.45) is 3.16. The van der Waals surface area contributed by atoms with Crippen LogP contribution in [0.1, 0.15) is 6.42 Å². The molecular formula is C6H9N. The second-order valence-electron chi connectivity index (χ2n) is 1.74. The Morgan fingerprint density at radius 2 is 2.57 bits per heavy atom. The first-order valence-electron chi connectivity index (χ1n) is 2.55. The largest absolute Gasteiger partial charge is 0.313 e. The van der Waals surface area contributed by atoms with E-state index in [-0.39, 0.29) is 0 Å². The minimum Gasteiger partial charge on any atom is -0.313 e. The normalized spacial score (nSPS) is 21.6. The van der Waals surface area contributed by atoms with Gasteiger partial charge in [-0.15, -0.1) is 0 Å². The summed E-state index contributed by atoms with van der Waals surface area (Å²) in [6.45, 7) is 7.39. The smallest absolute Gasteiger partial charge is 0.0167 e. The van der Waals surface area contributed by atoms with Crippen molar-refractivity contribution in [3.8, 4) is 0 Å². The Kier molecular flexibility index (Phi) is 1.47. The van der Waals surface area contributed by atoms with Gasteiger partial charge in [-0.05, 0) is 19.9 Å². The lowest BCUT2D eigenvalue weighted by Gasteiger charge is -2.08. The molecule has 0 aliphatic carbocycles. The summed E-state index contributed by atoms with van der Waals surface area (Å²) < 4.78 is 0. The van der Waals surface area contributed by atoms with Crippen molar-refractivity contribution in [2.24, 2.45) is 0 Å². The van der Waals surface area contributed by atoms with Crippen LogP contribution in [0.25, 0.3) is 0 Å². The third-order valence-electron chi connectivity index (χ3n) is 1.06. The number of nitrogens with one attached hydrogen (secondary N) is 1. The molecule has 1 N–H and O–H groups in total. The van der Waals surface area contributed by atoms with E-state index in [1.807, 2.05) is 0 Å². The maximum atomic E-state index is 5.43. The molecule has 1 heterocycles. The number of rotatable bonds is 0. The molecule has 0 unspecified atom stereocenters. The first kappa shape index (κ1) is 4.85. The Hall–Kier alpha value is -0.300. The minimum absolute atomic E-state index is 0.875. The summed E-state index contributed by atoms with van der Waals surface area (Å²) in [5.74, 6) is 0. The molecule has 7 heavy (non-hydrogen) atoms. The van der Waals surface area contributed by atoms with Gasteiger partial charge in [-0.2, -0.15) is 0 Å². The fourth-order valence-electron chi connectivity index (χ4n) is 0.665. The van der Waals surface area contributed by atoms with Gasteiger partial charge in [-0.25, -0.2) is 0 Å². The van der Waals surface area contributed by atoms with E-state index >= 15 is 0 Å². The molecule has 0 bridgehead atoms. The minimum atomic E-state index is 0.875. The third-order valence-corrected chi connectivity index (χ3v) is 1.06. The Bertz CT molecular complexity index is 84.2. The van der Waals surface area contributed by atoms with Crippen LogP contribution in [0.15, 0.2) is 11.6 Å². The lowest BCUT2D eigenvalue weighted by molar-refractivity contribution is 0.711. The predicted molar refractivity (Wildman–Crippen MR) is 29.9 cm³/mol. The predicted octanol–water partition coefficient (Wildman–Crippen LogP) is 0.617. The molecule has 1 rings (SSSR count). The lowest BCUT2D eigenvalue weighted by Crippen LogP contribution is -2.20. The molecule has 0 spiro atoms. The van der Waals surface area contributed by atoms with Crippen molar-refractivity contribution in [2.75, 3.05) is 13.1 Å². The van der Waals surface area contributed by atoms with E-state index in [1.54, 1.807) is 0 Å². The molecule has 0 aromatic rings. The molecule has 1 heteroatoms. The van der Waals surface area contributed by atoms with Gasteiger partial charge in [0.1, 0.15) is 0 Å². The van der Waals surface area contributed by atoms with Crippen LogP contribution in [-0.4, -0.2) is 13.1 Å². The van der Waals surface area contributed by atoms with Crippen LogP contribution < -0.4 is 5.32 Å². The molecule has 0 amide bonds. The quantitative estimate of drug-likeness (QED) is 0.465. The van der Waals surface area contributed by atoms with Gasteiger partial charge in [0.25, 0.3) is 0 Å². The van der Waals surface area contributed by atoms with Crippen molar-refractivity contribution in [1.82, 2.24) is 5.32 Å². The Morgan fingerprint density at radius 3 is 2.86 bits per heavy atom. The van der Waals surface area contributed by atoms with Crippen LogP contribution in [-0.2, 0) is 0 Å². The molecule has 0 saturated carbocycles. The fraction of sp³-hybridized carbons (Fsp3) is 0.500. The summed E-state index contributed by atoms with van der Waals surface area (Å²) in [4.78, 5) is 0. The Morgan fingerprint density at radius 1 is 1.71 bits per heavy atom. The Balaban J connectivity index is 2.40. The number of hydrogen-bond donors (Lipinski definition) is 1. The molecule has 0 aromatic heterocycles. The van der Waals surface area contributed by atoms with Gasteiger partial charge in [0.05, 0.1) is 0 Å². The van der Waals surface area contributed by atoms with Crippen molar-refractivity contribution in [3.63, 3.8) is 0 Å². The van der Waals surface area contributed by atoms with E-state index in [0.717, 1.165) is 25.1 Å². The van der Waals surface area contributed by atoms with Gasteiger partial charge in [0.15, 0.2) is 0 Å². The van der Waals surface area contributed by atoms with Crippen LogP contribution in [0, 0.1) is 6.92 Å². The summed E-state index contributed by atoms with van der Waals surface area (Å²) >= 11 is 0. The summed E-state index contributed by atoms with van der Waals surface area (Å²) in [6, 6.07) is 0. The molecule has 2 radical (unpaired) electrons. The molecule has 1 aliphatic heterocycles. The van der Waals surface area contributed by atoms with Crippen LogP contribution in [0.5, 0.6) is 0 Å². The maximum Gasteiger partial charge on any atom is 0.0167 e. The van der Waals surface area contributed by atoms with E-state index in [4.69, 9.17) is 6.92 Å². The van der Waals surface area contributed by atoms with E-state index in [0.29, 0.717) is 0 Å². The molecule has 0 atom stereocenters. The van der Waals surface area contributed by atoms with Gasteiger partial charge in [-0.1, -0.05) is 11.6 Å². The molecule has 0 aromatic carbocycles. The molecule has 0 saturated heterocycles. The fourth-order valence-corrected chi connectivity index (χ4v) is 0.665. The highest BCUT2D eigenvalue weighted by Gasteiger charge is 1.93. The summed E-state index contributed by atoms with van der Waals surface area (Å²) in [5, 5.41) is 3.14. The first-order valence-corrected chi connectivity index (χ1v) is 2.55. The standard InChI is InChI=1S/C6H9N/c1-6-3-2-4-7-5-6/h1,3,7H,2,4-5H2. The van der Waals surface area contributed by atoms with E-state index in [2.05, 4.69) is 11.4 Å². The van der Waals surface area contributed by atoms with Gasteiger partial charge < -0.3 is 5.32 Å². The van der Waals surface area contributed by atoms with Crippen molar-refractivity contribution in [3.05, 3.63) is 18.6 Å². The van der Waals surface area contributed by atoms with E-state index in [1.165, 1.54) is 0 Å². The average molecular weight is 95.1 g/mol. The highest BCUT2D eigenvalue weighted by atomic mass is 14.9. The number of hydrogen-bond acceptors (Lipinski definition) is 1. The van der Waals surface area contributed by atoms with Gasteiger partial charge in [0.2, 0.25) is 0 Å². The van der Waals surface area contributed by atoms with E-state index < -0.39 is 0 Å². The highest BCUT2D eigenvalue weighted by molar-refractivity contribution is 5.09. The zero-order valence-corrected chi connectivity index (χ0v) is 4.28. The van der Waals surface area contributed by atoms with Gasteiger partial charge >= 0.3 is 0 Å². The van der Waals surface area contributed by atoms with Crippen LogP contribution in [0.3, 0.4) is 0 Å². The summed E-state index contributed by atoms with van der Waals surface area (Å²) in [5.41, 5.74) is 0.978. The molecule has 38 valence electrons. The van der Waals surface area contributed by atoms with Gasteiger partial charge in [0, 0.05) is 6.54 Å². The Labute approximate surface area is 44.4 Å². The van der Waals surface area contributed by atoms with E-state index in [9.17, 15) is 0 Å². The molecule has 1 aliphatic rings. The van der Waals surface area contributed by atoms with Gasteiger partial charge in [-0.3, -0.25) is 0 Å². The first-order chi connectivity index (χ1) is 3.39. The highest BCUT2D eigenvalue weighted by Crippen LogP contribution is 1.96. The van der Waals surface area contributed by atoms with Crippen LogP contribution >= 0.6 is 0 Å².